The van der Waals surface area contributed by atoms with E-state index >= 15 is 0 Å². The molecule has 0 spiro atoms. The highest BCUT2D eigenvalue weighted by Crippen LogP contribution is 2.28. The highest BCUT2D eigenvalue weighted by Gasteiger charge is 2.13. The number of aromatic amines is 2. The minimum Gasteiger partial charge on any atom is -0.450 e. The van der Waals surface area contributed by atoms with Crippen LogP contribution in [0.5, 0.6) is 0 Å². The van der Waals surface area contributed by atoms with Gasteiger partial charge in [-0.1, -0.05) is 30.3 Å². The first-order chi connectivity index (χ1) is 16.5. The van der Waals surface area contributed by atoms with Crippen LogP contribution >= 0.6 is 0 Å². The Balaban J connectivity index is 1.48. The first kappa shape index (κ1) is 21.3. The maximum absolute atomic E-state index is 14.8. The molecule has 5 aromatic rings. The minimum atomic E-state index is -0.607. The highest BCUT2D eigenvalue weighted by atomic mass is 19.1. The Kier molecular flexibility index (Phi) is 5.51. The fourth-order valence-electron chi connectivity index (χ4n) is 3.90. The van der Waals surface area contributed by atoms with E-state index in [0.717, 1.165) is 10.9 Å². The van der Waals surface area contributed by atoms with E-state index in [1.165, 1.54) is 6.07 Å². The van der Waals surface area contributed by atoms with Gasteiger partial charge in [0, 0.05) is 17.4 Å². The average Bonchev–Trinajstić information content (AvgIpc) is 3.23. The first-order valence-electron chi connectivity index (χ1n) is 10.7. The van der Waals surface area contributed by atoms with Crippen LogP contribution in [0.4, 0.5) is 15.1 Å². The number of fused-ring (bicyclic) bond motifs is 2. The van der Waals surface area contributed by atoms with E-state index in [-0.39, 0.29) is 23.9 Å². The first-order valence-corrected chi connectivity index (χ1v) is 10.7. The monoisotopic (exact) mass is 457 g/mol. The van der Waals surface area contributed by atoms with Crippen LogP contribution in [0.1, 0.15) is 18.2 Å². The molecule has 0 atom stereocenters. The van der Waals surface area contributed by atoms with Crippen molar-refractivity contribution in [3.63, 3.8) is 0 Å². The summed E-state index contributed by atoms with van der Waals surface area (Å²) in [4.78, 5) is 31.0. The summed E-state index contributed by atoms with van der Waals surface area (Å²) in [5.74, 6) is -0.123. The van der Waals surface area contributed by atoms with Crippen LogP contribution in [0.2, 0.25) is 0 Å². The van der Waals surface area contributed by atoms with Gasteiger partial charge in [0.2, 0.25) is 5.95 Å². The van der Waals surface area contributed by atoms with E-state index < -0.39 is 6.09 Å². The van der Waals surface area contributed by atoms with Gasteiger partial charge in [-0.2, -0.15) is 5.10 Å². The number of aromatic nitrogens is 4. The van der Waals surface area contributed by atoms with Crippen molar-refractivity contribution in [3.8, 4) is 11.1 Å². The van der Waals surface area contributed by atoms with Gasteiger partial charge in [-0.25, -0.2) is 19.3 Å². The van der Waals surface area contributed by atoms with Crippen LogP contribution in [0.3, 0.4) is 0 Å². The van der Waals surface area contributed by atoms with Crippen molar-refractivity contribution in [2.45, 2.75) is 13.3 Å². The summed E-state index contributed by atoms with van der Waals surface area (Å²) in [5.41, 5.74) is 3.63. The predicted molar refractivity (Wildman–Crippen MR) is 127 cm³/mol. The van der Waals surface area contributed by atoms with E-state index in [2.05, 4.69) is 25.5 Å². The Hall–Kier alpha value is -4.53. The average molecular weight is 457 g/mol. The summed E-state index contributed by atoms with van der Waals surface area (Å²) in [5, 5.41) is 10.6. The third-order valence-corrected chi connectivity index (χ3v) is 5.47. The number of nitrogens with one attached hydrogen (secondary N) is 3. The van der Waals surface area contributed by atoms with E-state index in [9.17, 15) is 14.0 Å². The van der Waals surface area contributed by atoms with Gasteiger partial charge in [0.15, 0.2) is 0 Å². The van der Waals surface area contributed by atoms with Gasteiger partial charge in [0.1, 0.15) is 5.82 Å². The molecule has 1 amide bonds. The second kappa shape index (κ2) is 8.78. The molecule has 5 rings (SSSR count). The summed E-state index contributed by atoms with van der Waals surface area (Å²) in [6.07, 6.45) is -0.186. The van der Waals surface area contributed by atoms with Crippen molar-refractivity contribution in [1.29, 1.82) is 0 Å². The minimum absolute atomic E-state index is 0.246. The number of anilines is 1. The smallest absolute Gasteiger partial charge is 0.413 e. The third-order valence-electron chi connectivity index (χ3n) is 5.47. The molecule has 2 aromatic heterocycles. The standard InChI is InChI=1S/C25H20FN5O3/c1-2-34-25(33)29-24-27-20-10-8-15(13-22(20)28-24)18-11-14(7-9-19(18)26)12-21-16-5-3-4-6-17(16)23(32)31-30-21/h3-11,13H,2,12H2,1H3,(H,31,32)(H2,27,28,29,33). The summed E-state index contributed by atoms with van der Waals surface area (Å²) in [7, 11) is 0. The van der Waals surface area contributed by atoms with Gasteiger partial charge >= 0.3 is 6.09 Å². The van der Waals surface area contributed by atoms with Crippen LogP contribution in [-0.4, -0.2) is 32.9 Å². The normalized spacial score (nSPS) is 11.1. The number of imidazole rings is 1. The number of nitrogens with zero attached hydrogens (tertiary/aromatic N) is 2. The van der Waals surface area contributed by atoms with Crippen LogP contribution in [0.15, 0.2) is 65.5 Å². The fraction of sp³-hybridized carbons (Fsp3) is 0.120. The number of carbonyl (C=O) groups excluding carboxylic acids is 1. The van der Waals surface area contributed by atoms with Crippen molar-refractivity contribution in [2.75, 3.05) is 11.9 Å². The van der Waals surface area contributed by atoms with Crippen molar-refractivity contribution in [1.82, 2.24) is 20.2 Å². The molecule has 2 heterocycles. The zero-order valence-electron chi connectivity index (χ0n) is 18.2. The lowest BCUT2D eigenvalue weighted by Crippen LogP contribution is -2.14. The molecule has 0 saturated heterocycles. The van der Waals surface area contributed by atoms with Crippen molar-refractivity contribution >= 4 is 33.8 Å². The largest absolute Gasteiger partial charge is 0.450 e. The van der Waals surface area contributed by atoms with Gasteiger partial charge < -0.3 is 9.72 Å². The Morgan fingerprint density at radius 3 is 2.74 bits per heavy atom. The molecule has 0 fully saturated rings. The lowest BCUT2D eigenvalue weighted by atomic mass is 9.98. The summed E-state index contributed by atoms with van der Waals surface area (Å²) in [6.45, 7) is 1.96. The van der Waals surface area contributed by atoms with Crippen molar-refractivity contribution < 1.29 is 13.9 Å². The number of hydrogen-bond acceptors (Lipinski definition) is 5. The van der Waals surface area contributed by atoms with Crippen LogP contribution < -0.4 is 10.9 Å². The maximum atomic E-state index is 14.8. The molecular weight excluding hydrogens is 437 g/mol. The van der Waals surface area contributed by atoms with Crippen LogP contribution in [-0.2, 0) is 11.2 Å². The quantitative estimate of drug-likeness (QED) is 0.352. The second-order valence-corrected chi connectivity index (χ2v) is 7.70. The Bertz CT molecular complexity index is 1590. The molecule has 3 N–H and O–H groups in total. The van der Waals surface area contributed by atoms with Gasteiger partial charge in [-0.05, 0) is 48.4 Å². The number of H-pyrrole nitrogens is 2. The van der Waals surface area contributed by atoms with Gasteiger partial charge in [0.05, 0.1) is 28.7 Å². The molecule has 0 radical (unpaired) electrons. The fourth-order valence-corrected chi connectivity index (χ4v) is 3.90. The number of hydrogen-bond donors (Lipinski definition) is 3. The molecule has 170 valence electrons. The molecule has 0 saturated carbocycles. The zero-order chi connectivity index (χ0) is 23.7. The number of ether oxygens (including phenoxy) is 1. The lowest BCUT2D eigenvalue weighted by molar-refractivity contribution is 0.167. The second-order valence-electron chi connectivity index (χ2n) is 7.70. The Labute approximate surface area is 192 Å². The summed E-state index contributed by atoms with van der Waals surface area (Å²) >= 11 is 0. The van der Waals surface area contributed by atoms with E-state index in [1.807, 2.05) is 12.1 Å². The summed E-state index contributed by atoms with van der Waals surface area (Å²) < 4.78 is 19.7. The van der Waals surface area contributed by atoms with Crippen molar-refractivity contribution in [3.05, 3.63) is 88.1 Å². The predicted octanol–water partition coefficient (Wildman–Crippen LogP) is 4.76. The molecule has 9 heteroatoms. The molecular formula is C25H20FN5O3. The molecule has 3 aromatic carbocycles. The number of rotatable bonds is 5. The van der Waals surface area contributed by atoms with Crippen molar-refractivity contribution in [2.24, 2.45) is 0 Å². The number of benzene rings is 3. The molecule has 0 unspecified atom stereocenters. The van der Waals surface area contributed by atoms with E-state index in [0.29, 0.717) is 39.7 Å². The van der Waals surface area contributed by atoms with Gasteiger partial charge in [-0.3, -0.25) is 10.1 Å². The third kappa shape index (κ3) is 4.11. The zero-order valence-corrected chi connectivity index (χ0v) is 18.2. The van der Waals surface area contributed by atoms with E-state index in [4.69, 9.17) is 4.74 Å². The summed E-state index contributed by atoms with van der Waals surface area (Å²) in [6, 6.07) is 17.4. The Morgan fingerprint density at radius 2 is 1.91 bits per heavy atom. The molecule has 0 aliphatic rings. The molecule has 0 aliphatic carbocycles. The highest BCUT2D eigenvalue weighted by molar-refractivity contribution is 5.88. The van der Waals surface area contributed by atoms with E-state index in [1.54, 1.807) is 49.4 Å². The maximum Gasteiger partial charge on any atom is 0.413 e. The molecule has 0 bridgehead atoms. The molecule has 0 aliphatic heterocycles. The number of carbonyl (C=O) groups is 1. The number of amides is 1. The Morgan fingerprint density at radius 1 is 1.09 bits per heavy atom. The van der Waals surface area contributed by atoms with Crippen LogP contribution in [0.25, 0.3) is 32.9 Å². The molecule has 34 heavy (non-hydrogen) atoms. The number of halogens is 1. The van der Waals surface area contributed by atoms with Crippen LogP contribution in [0, 0.1) is 5.82 Å². The SMILES string of the molecule is CCOC(=O)Nc1nc2ccc(-c3cc(Cc4n[nH]c(=O)c5ccccc45)ccc3F)cc2[nH]1. The lowest BCUT2D eigenvalue weighted by Gasteiger charge is -2.09. The topological polar surface area (TPSA) is 113 Å². The molecule has 8 nitrogen and oxygen atoms in total. The van der Waals surface area contributed by atoms with Gasteiger partial charge in [0.25, 0.3) is 5.56 Å². The van der Waals surface area contributed by atoms with Gasteiger partial charge in [-0.15, -0.1) is 0 Å².